The van der Waals surface area contributed by atoms with E-state index in [1.807, 2.05) is 35.1 Å². The summed E-state index contributed by atoms with van der Waals surface area (Å²) in [6.45, 7) is 0.870. The second-order valence-electron chi connectivity index (χ2n) is 5.94. The molecule has 2 N–H and O–H groups in total. The van der Waals surface area contributed by atoms with Crippen molar-refractivity contribution in [3.05, 3.63) is 30.1 Å². The Morgan fingerprint density at radius 3 is 3.08 bits per heavy atom. The molecule has 1 aliphatic heterocycles. The number of benzene rings is 1. The number of nitrogens with zero attached hydrogens (tertiary/aromatic N) is 2. The number of hydrogen-bond acceptors (Lipinski definition) is 4. The number of fused-ring (bicyclic) bond motifs is 1. The van der Waals surface area contributed by atoms with E-state index in [0.717, 1.165) is 35.5 Å². The van der Waals surface area contributed by atoms with Gasteiger partial charge in [0.05, 0.1) is 16.8 Å². The van der Waals surface area contributed by atoms with Gasteiger partial charge in [0.15, 0.2) is 0 Å². The molecule has 1 fully saturated rings. The molecule has 1 aliphatic rings. The Balaban J connectivity index is 1.77. The lowest BCUT2D eigenvalue weighted by Crippen LogP contribution is -2.46. The molecule has 1 aromatic carbocycles. The number of carbonyl (C=O) groups is 2. The van der Waals surface area contributed by atoms with Gasteiger partial charge in [-0.15, -0.1) is 0 Å². The Labute approximate surface area is 145 Å². The zero-order chi connectivity index (χ0) is 16.9. The van der Waals surface area contributed by atoms with Crippen molar-refractivity contribution in [2.75, 3.05) is 12.8 Å². The highest BCUT2D eigenvalue weighted by Crippen LogP contribution is 2.19. The van der Waals surface area contributed by atoms with E-state index in [2.05, 4.69) is 15.6 Å². The number of imidazole rings is 1. The molecular weight excluding hydrogens is 324 g/mol. The van der Waals surface area contributed by atoms with Crippen molar-refractivity contribution in [3.63, 3.8) is 0 Å². The maximum Gasteiger partial charge on any atom is 0.242 e. The molecule has 0 spiro atoms. The predicted octanol–water partition coefficient (Wildman–Crippen LogP) is 1.68. The van der Waals surface area contributed by atoms with Gasteiger partial charge in [0, 0.05) is 6.54 Å². The second kappa shape index (κ2) is 7.70. The fourth-order valence-electron chi connectivity index (χ4n) is 3.00. The van der Waals surface area contributed by atoms with Crippen molar-refractivity contribution in [2.45, 2.75) is 37.6 Å². The molecule has 1 unspecified atom stereocenters. The maximum atomic E-state index is 12.5. The Bertz CT molecular complexity index is 743. The van der Waals surface area contributed by atoms with Crippen LogP contribution in [0, 0.1) is 0 Å². The topological polar surface area (TPSA) is 76.0 Å². The van der Waals surface area contributed by atoms with Gasteiger partial charge in [-0.1, -0.05) is 12.1 Å². The summed E-state index contributed by atoms with van der Waals surface area (Å²) in [4.78, 5) is 29.1. The summed E-state index contributed by atoms with van der Waals surface area (Å²) in [5.74, 6) is 1.39. The van der Waals surface area contributed by atoms with Gasteiger partial charge in [0.1, 0.15) is 18.4 Å². The highest BCUT2D eigenvalue weighted by molar-refractivity contribution is 7.97. The number of hydrogen-bond donors (Lipinski definition) is 2. The summed E-state index contributed by atoms with van der Waals surface area (Å²) >= 11 is 1.67. The van der Waals surface area contributed by atoms with Crippen LogP contribution in [0.1, 0.15) is 25.1 Å². The number of aromatic nitrogens is 2. The highest BCUT2D eigenvalue weighted by atomic mass is 32.2. The molecule has 0 aliphatic carbocycles. The number of rotatable bonds is 5. The first-order chi connectivity index (χ1) is 11.7. The molecule has 1 atom stereocenters. The zero-order valence-electron chi connectivity index (χ0n) is 13.7. The molecular formula is C17H22N4O2S. The Kier molecular flexibility index (Phi) is 5.40. The summed E-state index contributed by atoms with van der Waals surface area (Å²) in [5.41, 5.74) is 1.84. The molecule has 0 radical (unpaired) electrons. The second-order valence-corrected chi connectivity index (χ2v) is 6.81. The molecule has 3 rings (SSSR count). The number of nitrogens with one attached hydrogen (secondary N) is 2. The van der Waals surface area contributed by atoms with Crippen LogP contribution in [0.2, 0.25) is 0 Å². The van der Waals surface area contributed by atoms with Gasteiger partial charge in [0.25, 0.3) is 0 Å². The lowest BCUT2D eigenvalue weighted by atomic mass is 10.1. The average Bonchev–Trinajstić information content (AvgIpc) is 2.77. The van der Waals surface area contributed by atoms with Gasteiger partial charge in [-0.25, -0.2) is 4.98 Å². The quantitative estimate of drug-likeness (QED) is 0.864. The van der Waals surface area contributed by atoms with Crippen molar-refractivity contribution in [3.8, 4) is 0 Å². The highest BCUT2D eigenvalue weighted by Gasteiger charge is 2.23. The van der Waals surface area contributed by atoms with E-state index in [9.17, 15) is 9.59 Å². The minimum atomic E-state index is -0.432. The van der Waals surface area contributed by atoms with E-state index in [0.29, 0.717) is 13.0 Å². The van der Waals surface area contributed by atoms with Crippen LogP contribution in [0.3, 0.4) is 0 Å². The van der Waals surface area contributed by atoms with Crippen LogP contribution < -0.4 is 10.6 Å². The summed E-state index contributed by atoms with van der Waals surface area (Å²) in [6, 6.07) is 7.38. The minimum absolute atomic E-state index is 0.0827. The van der Waals surface area contributed by atoms with Gasteiger partial charge in [-0.3, -0.25) is 9.59 Å². The molecule has 0 saturated carbocycles. The first kappa shape index (κ1) is 16.8. The molecule has 7 heteroatoms. The summed E-state index contributed by atoms with van der Waals surface area (Å²) in [5, 5.41) is 5.72. The predicted molar refractivity (Wildman–Crippen MR) is 95.7 cm³/mol. The SMILES string of the molecule is CSCc1nc2ccccc2n1CC(=O)NC1CCCCNC1=O. The Morgan fingerprint density at radius 1 is 1.42 bits per heavy atom. The normalized spacial score (nSPS) is 18.2. The standard InChI is InChI=1S/C17H22N4O2S/c1-24-11-15-19-12-6-2-3-8-14(12)21(15)10-16(22)20-13-7-4-5-9-18-17(13)23/h2-3,6,8,13H,4-5,7,9-11H2,1H3,(H,18,23)(H,20,22). The van der Waals surface area contributed by atoms with E-state index in [-0.39, 0.29) is 18.4 Å². The van der Waals surface area contributed by atoms with Gasteiger partial charge >= 0.3 is 0 Å². The van der Waals surface area contributed by atoms with Gasteiger partial charge in [-0.2, -0.15) is 11.8 Å². The largest absolute Gasteiger partial charge is 0.354 e. The number of thioether (sulfide) groups is 1. The van der Waals surface area contributed by atoms with Crippen molar-refractivity contribution in [1.82, 2.24) is 20.2 Å². The third kappa shape index (κ3) is 3.72. The molecule has 128 valence electrons. The number of amides is 2. The fourth-order valence-corrected chi connectivity index (χ4v) is 3.48. The van der Waals surface area contributed by atoms with E-state index >= 15 is 0 Å². The third-order valence-corrected chi connectivity index (χ3v) is 4.73. The van der Waals surface area contributed by atoms with Crippen molar-refractivity contribution < 1.29 is 9.59 Å². The number of carbonyl (C=O) groups excluding carboxylic acids is 2. The molecule has 2 amide bonds. The van der Waals surface area contributed by atoms with Gasteiger partial charge < -0.3 is 15.2 Å². The van der Waals surface area contributed by atoms with Crippen LogP contribution in [-0.4, -0.2) is 40.2 Å². The molecule has 1 aromatic heterocycles. The first-order valence-electron chi connectivity index (χ1n) is 8.19. The summed E-state index contributed by atoms with van der Waals surface area (Å²) in [6.07, 6.45) is 4.61. The molecule has 6 nitrogen and oxygen atoms in total. The first-order valence-corrected chi connectivity index (χ1v) is 9.58. The molecule has 0 bridgehead atoms. The summed E-state index contributed by atoms with van der Waals surface area (Å²) < 4.78 is 1.94. The maximum absolute atomic E-state index is 12.5. The Hall–Kier alpha value is -2.02. The van der Waals surface area contributed by atoms with E-state index in [1.54, 1.807) is 11.8 Å². The lowest BCUT2D eigenvalue weighted by Gasteiger charge is -2.16. The van der Waals surface area contributed by atoms with Crippen LogP contribution in [0.15, 0.2) is 24.3 Å². The van der Waals surface area contributed by atoms with Crippen LogP contribution in [-0.2, 0) is 21.9 Å². The van der Waals surface area contributed by atoms with Crippen LogP contribution in [0.4, 0.5) is 0 Å². The van der Waals surface area contributed by atoms with E-state index in [4.69, 9.17) is 0 Å². The van der Waals surface area contributed by atoms with Crippen molar-refractivity contribution in [1.29, 1.82) is 0 Å². The third-order valence-electron chi connectivity index (χ3n) is 4.18. The minimum Gasteiger partial charge on any atom is -0.354 e. The van der Waals surface area contributed by atoms with Crippen molar-refractivity contribution >= 4 is 34.6 Å². The monoisotopic (exact) mass is 346 g/mol. The van der Waals surface area contributed by atoms with Crippen LogP contribution in [0.5, 0.6) is 0 Å². The van der Waals surface area contributed by atoms with Gasteiger partial charge in [-0.05, 0) is 37.7 Å². The molecule has 2 aromatic rings. The molecule has 24 heavy (non-hydrogen) atoms. The lowest BCUT2D eigenvalue weighted by molar-refractivity contribution is -0.129. The zero-order valence-corrected chi connectivity index (χ0v) is 14.6. The van der Waals surface area contributed by atoms with Crippen molar-refractivity contribution in [2.24, 2.45) is 0 Å². The van der Waals surface area contributed by atoms with Crippen LogP contribution >= 0.6 is 11.8 Å². The molecule has 1 saturated heterocycles. The molecule has 2 heterocycles. The Morgan fingerprint density at radius 2 is 2.25 bits per heavy atom. The van der Waals surface area contributed by atoms with E-state index in [1.165, 1.54) is 0 Å². The summed E-state index contributed by atoms with van der Waals surface area (Å²) in [7, 11) is 0. The number of para-hydroxylation sites is 2. The smallest absolute Gasteiger partial charge is 0.242 e. The average molecular weight is 346 g/mol. The van der Waals surface area contributed by atoms with Crippen LogP contribution in [0.25, 0.3) is 11.0 Å². The van der Waals surface area contributed by atoms with Gasteiger partial charge in [0.2, 0.25) is 11.8 Å². The fraction of sp³-hybridized carbons (Fsp3) is 0.471. The van der Waals surface area contributed by atoms with E-state index < -0.39 is 6.04 Å².